The van der Waals surface area contributed by atoms with E-state index >= 15 is 0 Å². The molecule has 210 valence electrons. The second-order valence-corrected chi connectivity index (χ2v) is 12.4. The van der Waals surface area contributed by atoms with E-state index in [1.54, 1.807) is 0 Å². The van der Waals surface area contributed by atoms with Gasteiger partial charge < -0.3 is 16.2 Å². The molecule has 5 N–H and O–H groups in total. The van der Waals surface area contributed by atoms with Crippen LogP contribution in [0, 0.1) is 35.8 Å². The molecule has 11 heteroatoms. The fourth-order valence-electron chi connectivity index (χ4n) is 4.76. The summed E-state index contributed by atoms with van der Waals surface area (Å²) in [7, 11) is -3.82. The molecule has 8 nitrogen and oxygen atoms in total. The maximum Gasteiger partial charge on any atom is 0.232 e. The van der Waals surface area contributed by atoms with E-state index in [4.69, 9.17) is 12.2 Å². The zero-order valence-electron chi connectivity index (χ0n) is 21.8. The Morgan fingerprint density at radius 1 is 1.21 bits per heavy atom. The summed E-state index contributed by atoms with van der Waals surface area (Å²) in [4.78, 5) is 24.4. The van der Waals surface area contributed by atoms with E-state index in [2.05, 4.69) is 16.6 Å². The van der Waals surface area contributed by atoms with Crippen molar-refractivity contribution in [3.8, 4) is 12.3 Å². The summed E-state index contributed by atoms with van der Waals surface area (Å²) in [5.74, 6) is -3.00. The summed E-state index contributed by atoms with van der Waals surface area (Å²) >= 11 is 0. The normalized spacial score (nSPS) is 21.7. The van der Waals surface area contributed by atoms with E-state index in [9.17, 15) is 31.9 Å². The van der Waals surface area contributed by atoms with E-state index in [0.717, 1.165) is 23.8 Å². The monoisotopic (exact) mass is 561 g/mol. The van der Waals surface area contributed by atoms with Crippen molar-refractivity contribution in [2.45, 2.75) is 50.4 Å². The predicted octanol–water partition coefficient (Wildman–Crippen LogP) is 1.77. The van der Waals surface area contributed by atoms with Crippen LogP contribution in [-0.2, 0) is 31.4 Å². The molecular weight excluding hydrogens is 528 g/mol. The van der Waals surface area contributed by atoms with Gasteiger partial charge in [0, 0.05) is 24.3 Å². The molecular formula is C28H33F2N3O5S. The summed E-state index contributed by atoms with van der Waals surface area (Å²) in [6.45, 7) is 2.93. The largest absolute Gasteiger partial charge is 0.390 e. The Kier molecular flexibility index (Phi) is 9.16. The van der Waals surface area contributed by atoms with Gasteiger partial charge in [0.1, 0.15) is 23.1 Å². The van der Waals surface area contributed by atoms with E-state index in [1.807, 2.05) is 30.3 Å². The van der Waals surface area contributed by atoms with Crippen molar-refractivity contribution >= 4 is 21.7 Å². The zero-order valence-corrected chi connectivity index (χ0v) is 22.6. The molecule has 5 unspecified atom stereocenters. The number of hydrogen-bond acceptors (Lipinski definition) is 6. The van der Waals surface area contributed by atoms with Gasteiger partial charge in [-0.25, -0.2) is 17.2 Å². The van der Waals surface area contributed by atoms with Crippen LogP contribution in [0.3, 0.4) is 0 Å². The van der Waals surface area contributed by atoms with Crippen LogP contribution in [0.2, 0.25) is 0 Å². The van der Waals surface area contributed by atoms with Crippen LogP contribution >= 0.6 is 0 Å². The summed E-state index contributed by atoms with van der Waals surface area (Å²) in [5, 5.41) is 17.2. The third-order valence-electron chi connectivity index (χ3n) is 7.03. The van der Waals surface area contributed by atoms with Crippen LogP contribution in [-0.4, -0.2) is 48.6 Å². The Labute approximate surface area is 227 Å². The van der Waals surface area contributed by atoms with Crippen molar-refractivity contribution in [1.29, 1.82) is 0 Å². The molecule has 0 aromatic heterocycles. The number of amides is 2. The first-order chi connectivity index (χ1) is 18.2. The quantitative estimate of drug-likeness (QED) is 0.217. The molecule has 1 aliphatic rings. The number of nitrogens with one attached hydrogen (secondary N) is 2. The van der Waals surface area contributed by atoms with Gasteiger partial charge in [0.15, 0.2) is 9.84 Å². The molecule has 2 amide bonds. The summed E-state index contributed by atoms with van der Waals surface area (Å²) in [5.41, 5.74) is 3.46. The molecule has 3 rings (SSSR count). The molecule has 5 atom stereocenters. The Bertz CT molecular complexity index is 1340. The molecule has 1 saturated carbocycles. The summed E-state index contributed by atoms with van der Waals surface area (Å²) in [6.07, 6.45) is 4.62. The van der Waals surface area contributed by atoms with Gasteiger partial charge >= 0.3 is 0 Å². The van der Waals surface area contributed by atoms with Crippen LogP contribution in [0.1, 0.15) is 37.8 Å². The van der Waals surface area contributed by atoms with E-state index in [-0.39, 0.29) is 24.3 Å². The lowest BCUT2D eigenvalue weighted by Gasteiger charge is -2.43. The third-order valence-corrected chi connectivity index (χ3v) is 8.62. The van der Waals surface area contributed by atoms with Gasteiger partial charge in [-0.15, -0.1) is 12.3 Å². The van der Waals surface area contributed by atoms with E-state index in [1.165, 1.54) is 13.8 Å². The third kappa shape index (κ3) is 7.41. The van der Waals surface area contributed by atoms with Crippen molar-refractivity contribution in [1.82, 2.24) is 10.6 Å². The summed E-state index contributed by atoms with van der Waals surface area (Å²) < 4.78 is 52.4. The average molecular weight is 562 g/mol. The molecule has 1 fully saturated rings. The van der Waals surface area contributed by atoms with Gasteiger partial charge in [-0.3, -0.25) is 14.9 Å². The van der Waals surface area contributed by atoms with Gasteiger partial charge in [-0.1, -0.05) is 37.3 Å². The Morgan fingerprint density at radius 2 is 1.82 bits per heavy atom. The molecule has 1 aliphatic carbocycles. The Hall–Kier alpha value is -3.33. The number of aliphatic hydroxyl groups is 1. The van der Waals surface area contributed by atoms with Gasteiger partial charge in [0.2, 0.25) is 11.8 Å². The first-order valence-corrected chi connectivity index (χ1v) is 14.3. The lowest BCUT2D eigenvalue weighted by Crippen LogP contribution is -2.69. The molecule has 0 aliphatic heterocycles. The standard InChI is InChI=1S/C28H33F2N3O5S/c1-4-21-16-27(21,22-8-6-5-7-9-22)33-28(19(3)34,15-20-12-23(29)14-24(30)13-20)32-26(36)18(2)10-11-39(37,38)17-25(31)35/h1,5-9,12-14,18-19,21,33-34H,10-11,15-17H2,2-3H3,(H2,31,35)(H,32,36). The maximum absolute atomic E-state index is 14.1. The Morgan fingerprint density at radius 3 is 2.33 bits per heavy atom. The molecule has 39 heavy (non-hydrogen) atoms. The minimum Gasteiger partial charge on any atom is -0.390 e. The molecule has 0 bridgehead atoms. The fourth-order valence-corrected chi connectivity index (χ4v) is 6.05. The average Bonchev–Trinajstić information content (AvgIpc) is 3.55. The second kappa shape index (κ2) is 11.8. The van der Waals surface area contributed by atoms with Crippen LogP contribution in [0.25, 0.3) is 0 Å². The number of halogens is 2. The molecule has 0 spiro atoms. The number of primary amides is 1. The molecule has 0 saturated heterocycles. The molecule has 0 heterocycles. The number of carbonyl (C=O) groups excluding carboxylic acids is 2. The van der Waals surface area contributed by atoms with Crippen LogP contribution in [0.4, 0.5) is 8.78 Å². The van der Waals surface area contributed by atoms with Crippen LogP contribution in [0.15, 0.2) is 48.5 Å². The first kappa shape index (κ1) is 30.2. The van der Waals surface area contributed by atoms with Crippen molar-refractivity contribution in [2.24, 2.45) is 17.6 Å². The highest BCUT2D eigenvalue weighted by atomic mass is 32.2. The van der Waals surface area contributed by atoms with Crippen LogP contribution in [0.5, 0.6) is 0 Å². The Balaban J connectivity index is 1.97. The second-order valence-electron chi connectivity index (χ2n) is 10.2. The van der Waals surface area contributed by atoms with Gasteiger partial charge in [-0.05, 0) is 43.0 Å². The van der Waals surface area contributed by atoms with Gasteiger partial charge in [0.25, 0.3) is 0 Å². The predicted molar refractivity (Wildman–Crippen MR) is 142 cm³/mol. The molecule has 2 aromatic rings. The maximum atomic E-state index is 14.1. The highest BCUT2D eigenvalue weighted by Crippen LogP contribution is 2.53. The van der Waals surface area contributed by atoms with Crippen molar-refractivity contribution < 1.29 is 31.9 Å². The minimum atomic E-state index is -3.82. The number of carbonyl (C=O) groups is 2. The first-order valence-electron chi connectivity index (χ1n) is 12.5. The van der Waals surface area contributed by atoms with Crippen LogP contribution < -0.4 is 16.4 Å². The highest BCUT2D eigenvalue weighted by Gasteiger charge is 2.59. The van der Waals surface area contributed by atoms with Crippen molar-refractivity contribution in [3.05, 3.63) is 71.3 Å². The lowest BCUT2D eigenvalue weighted by molar-refractivity contribution is -0.129. The topological polar surface area (TPSA) is 139 Å². The number of aliphatic hydroxyl groups excluding tert-OH is 1. The molecule has 0 radical (unpaired) electrons. The zero-order chi connectivity index (χ0) is 29.0. The number of sulfone groups is 1. The van der Waals surface area contributed by atoms with Gasteiger partial charge in [0.05, 0.1) is 17.4 Å². The number of nitrogens with two attached hydrogens (primary N) is 1. The number of rotatable bonds is 13. The number of benzene rings is 2. The highest BCUT2D eigenvalue weighted by molar-refractivity contribution is 7.92. The van der Waals surface area contributed by atoms with Crippen molar-refractivity contribution in [2.75, 3.05) is 11.5 Å². The van der Waals surface area contributed by atoms with E-state index in [0.29, 0.717) is 6.42 Å². The smallest absolute Gasteiger partial charge is 0.232 e. The number of terminal acetylenes is 1. The minimum absolute atomic E-state index is 0.122. The van der Waals surface area contributed by atoms with Crippen molar-refractivity contribution in [3.63, 3.8) is 0 Å². The van der Waals surface area contributed by atoms with Gasteiger partial charge in [-0.2, -0.15) is 0 Å². The lowest BCUT2D eigenvalue weighted by atomic mass is 9.89. The summed E-state index contributed by atoms with van der Waals surface area (Å²) in [6, 6.07) is 12.1. The SMILES string of the molecule is C#CC1CC1(NC(Cc1cc(F)cc(F)c1)(NC(=O)C(C)CCS(=O)(=O)CC(N)=O)C(C)O)c1ccccc1. The number of hydrogen-bond donors (Lipinski definition) is 4. The molecule has 2 aromatic carbocycles. The van der Waals surface area contributed by atoms with E-state index < -0.39 is 68.0 Å². The fraction of sp³-hybridized carbons (Fsp3) is 0.429.